The van der Waals surface area contributed by atoms with Crippen LogP contribution in [0.4, 0.5) is 18.9 Å². The number of anilines is 1. The summed E-state index contributed by atoms with van der Waals surface area (Å²) in [7, 11) is 0. The van der Waals surface area contributed by atoms with Crippen LogP contribution in [0.1, 0.15) is 29.5 Å². The van der Waals surface area contributed by atoms with Crippen LogP contribution in [0.2, 0.25) is 0 Å². The Morgan fingerprint density at radius 3 is 1.91 bits per heavy atom. The van der Waals surface area contributed by atoms with Crippen LogP contribution >= 0.6 is 0 Å². The molecule has 3 N–H and O–H groups in total. The zero-order chi connectivity index (χ0) is 23.3. The molecule has 1 aliphatic heterocycles. The molecule has 2 atom stereocenters. The number of nitrogens with one attached hydrogen (secondary N) is 1. The number of likely N-dealkylation sites (tertiary alicyclic amines) is 1. The third kappa shape index (κ3) is 6.54. The predicted molar refractivity (Wildman–Crippen MR) is 112 cm³/mol. The van der Waals surface area contributed by atoms with Crippen LogP contribution in [-0.4, -0.2) is 52.2 Å². The predicted octanol–water partition coefficient (Wildman–Crippen LogP) is 2.77. The number of aliphatic hydroxyl groups excluding tert-OH is 2. The maximum Gasteiger partial charge on any atom is 0.416 e. The lowest BCUT2D eigenvalue weighted by molar-refractivity contribution is -0.137. The molecule has 9 heteroatoms. The van der Waals surface area contributed by atoms with E-state index in [0.29, 0.717) is 24.1 Å². The van der Waals surface area contributed by atoms with Gasteiger partial charge in [-0.2, -0.15) is 13.2 Å². The van der Waals surface area contributed by atoms with Gasteiger partial charge in [0.2, 0.25) is 11.8 Å². The van der Waals surface area contributed by atoms with Gasteiger partial charge in [0, 0.05) is 31.6 Å². The van der Waals surface area contributed by atoms with Crippen LogP contribution in [0.5, 0.6) is 0 Å². The Balaban J connectivity index is 1.42. The zero-order valence-corrected chi connectivity index (χ0v) is 17.3. The lowest BCUT2D eigenvalue weighted by Gasteiger charge is -2.15. The van der Waals surface area contributed by atoms with Crippen LogP contribution in [-0.2, 0) is 28.6 Å². The maximum absolute atomic E-state index is 12.6. The van der Waals surface area contributed by atoms with Gasteiger partial charge in [0.05, 0.1) is 17.8 Å². The Morgan fingerprint density at radius 2 is 1.38 bits per heavy atom. The summed E-state index contributed by atoms with van der Waals surface area (Å²) in [6.07, 6.45) is -4.99. The van der Waals surface area contributed by atoms with Crippen molar-refractivity contribution in [2.24, 2.45) is 0 Å². The first-order valence-corrected chi connectivity index (χ1v) is 10.3. The van der Waals surface area contributed by atoms with Crippen molar-refractivity contribution >= 4 is 17.5 Å². The second-order valence-corrected chi connectivity index (χ2v) is 7.87. The fourth-order valence-electron chi connectivity index (χ4n) is 3.48. The third-order valence-electron chi connectivity index (χ3n) is 5.40. The number of amides is 2. The number of aliphatic hydroxyl groups is 2. The number of carbonyl (C=O) groups is 2. The smallest absolute Gasteiger partial charge is 0.388 e. The van der Waals surface area contributed by atoms with Crippen LogP contribution in [0.3, 0.4) is 0 Å². The van der Waals surface area contributed by atoms with E-state index in [2.05, 4.69) is 5.32 Å². The van der Waals surface area contributed by atoms with E-state index in [0.717, 1.165) is 17.7 Å². The molecule has 0 spiro atoms. The molecule has 0 aliphatic carbocycles. The quantitative estimate of drug-likeness (QED) is 0.605. The van der Waals surface area contributed by atoms with Crippen molar-refractivity contribution in [3.63, 3.8) is 0 Å². The molecule has 1 saturated heterocycles. The van der Waals surface area contributed by atoms with E-state index < -0.39 is 23.9 Å². The highest BCUT2D eigenvalue weighted by atomic mass is 19.4. The highest BCUT2D eigenvalue weighted by Gasteiger charge is 2.32. The molecule has 0 unspecified atom stereocenters. The van der Waals surface area contributed by atoms with Crippen molar-refractivity contribution in [1.82, 2.24) is 4.90 Å². The van der Waals surface area contributed by atoms with Gasteiger partial charge in [0.25, 0.3) is 0 Å². The molecule has 0 bridgehead atoms. The molecule has 2 amide bonds. The Bertz CT molecular complexity index is 920. The monoisotopic (exact) mass is 450 g/mol. The lowest BCUT2D eigenvalue weighted by atomic mass is 10.1. The highest BCUT2D eigenvalue weighted by molar-refractivity contribution is 5.90. The van der Waals surface area contributed by atoms with Crippen LogP contribution in [0.15, 0.2) is 48.5 Å². The number of aryl methyl sites for hydroxylation is 2. The van der Waals surface area contributed by atoms with Crippen molar-refractivity contribution in [1.29, 1.82) is 0 Å². The van der Waals surface area contributed by atoms with Crippen molar-refractivity contribution in [2.45, 2.75) is 44.1 Å². The summed E-state index contributed by atoms with van der Waals surface area (Å²) in [6.45, 7) is 0.273. The minimum Gasteiger partial charge on any atom is -0.388 e. The zero-order valence-electron chi connectivity index (χ0n) is 17.3. The fourth-order valence-corrected chi connectivity index (χ4v) is 3.48. The van der Waals surface area contributed by atoms with Crippen molar-refractivity contribution in [2.75, 3.05) is 18.4 Å². The highest BCUT2D eigenvalue weighted by Crippen LogP contribution is 2.29. The molecular formula is C23H25F3N2O4. The van der Waals surface area contributed by atoms with Gasteiger partial charge in [-0.3, -0.25) is 9.59 Å². The Morgan fingerprint density at radius 1 is 0.875 bits per heavy atom. The Kier molecular flexibility index (Phi) is 7.52. The number of hydrogen-bond acceptors (Lipinski definition) is 4. The molecule has 0 radical (unpaired) electrons. The summed E-state index contributed by atoms with van der Waals surface area (Å²) in [5.74, 6) is -0.389. The number of carbonyl (C=O) groups excluding carboxylic acids is 2. The lowest BCUT2D eigenvalue weighted by Crippen LogP contribution is -2.29. The van der Waals surface area contributed by atoms with Gasteiger partial charge in [0.15, 0.2) is 0 Å². The standard InChI is InChI=1S/C23H25F3N2O4/c24-23(25,26)17-7-1-15(2-8-17)5-11-21(31)27-18-9-3-16(4-10-18)6-12-22(32)28-13-19(29)20(30)14-28/h1-4,7-10,19-20,29-30H,5-6,11-14H2,(H,27,31)/t19-,20-/m0/s1. The summed E-state index contributed by atoms with van der Waals surface area (Å²) in [5.41, 5.74) is 1.42. The van der Waals surface area contributed by atoms with Crippen LogP contribution in [0, 0.1) is 0 Å². The second-order valence-electron chi connectivity index (χ2n) is 7.87. The molecule has 0 aromatic heterocycles. The molecule has 0 saturated carbocycles. The average Bonchev–Trinajstić information content (AvgIpc) is 3.09. The van der Waals surface area contributed by atoms with Gasteiger partial charge < -0.3 is 20.4 Å². The molecule has 1 heterocycles. The van der Waals surface area contributed by atoms with Gasteiger partial charge >= 0.3 is 6.18 Å². The molecule has 172 valence electrons. The first-order valence-electron chi connectivity index (χ1n) is 10.3. The van der Waals surface area contributed by atoms with E-state index in [1.165, 1.54) is 17.0 Å². The molecular weight excluding hydrogens is 425 g/mol. The van der Waals surface area contributed by atoms with Gasteiger partial charge in [-0.05, 0) is 48.2 Å². The number of nitrogens with zero attached hydrogens (tertiary/aromatic N) is 1. The second kappa shape index (κ2) is 10.1. The fraction of sp³-hybridized carbons (Fsp3) is 0.391. The molecule has 6 nitrogen and oxygen atoms in total. The SMILES string of the molecule is O=C(CCc1ccc(C(F)(F)F)cc1)Nc1ccc(CCC(=O)N2C[C@H](O)[C@@H](O)C2)cc1. The summed E-state index contributed by atoms with van der Waals surface area (Å²) >= 11 is 0. The molecule has 2 aromatic carbocycles. The molecule has 3 rings (SSSR count). The molecule has 1 aliphatic rings. The molecule has 2 aromatic rings. The van der Waals surface area contributed by atoms with E-state index in [4.69, 9.17) is 0 Å². The molecule has 1 fully saturated rings. The third-order valence-corrected chi connectivity index (χ3v) is 5.40. The topological polar surface area (TPSA) is 89.9 Å². The van der Waals surface area contributed by atoms with Crippen molar-refractivity contribution < 1.29 is 33.0 Å². The normalized spacial score (nSPS) is 18.6. The largest absolute Gasteiger partial charge is 0.416 e. The van der Waals surface area contributed by atoms with E-state index in [-0.39, 0.29) is 37.7 Å². The maximum atomic E-state index is 12.6. The van der Waals surface area contributed by atoms with Gasteiger partial charge in [-0.1, -0.05) is 24.3 Å². The van der Waals surface area contributed by atoms with Gasteiger partial charge in [0.1, 0.15) is 0 Å². The van der Waals surface area contributed by atoms with Crippen molar-refractivity contribution in [3.8, 4) is 0 Å². The van der Waals surface area contributed by atoms with E-state index in [1.807, 2.05) is 0 Å². The summed E-state index contributed by atoms with van der Waals surface area (Å²) in [5, 5.41) is 21.8. The van der Waals surface area contributed by atoms with Crippen molar-refractivity contribution in [3.05, 3.63) is 65.2 Å². The minimum atomic E-state index is -4.38. The average molecular weight is 450 g/mol. The van der Waals surface area contributed by atoms with E-state index in [9.17, 15) is 33.0 Å². The number of benzene rings is 2. The van der Waals surface area contributed by atoms with E-state index >= 15 is 0 Å². The Labute approximate surface area is 183 Å². The van der Waals surface area contributed by atoms with Gasteiger partial charge in [-0.25, -0.2) is 0 Å². The first-order chi connectivity index (χ1) is 15.1. The summed E-state index contributed by atoms with van der Waals surface area (Å²) in [6, 6.07) is 11.8. The number of hydrogen-bond donors (Lipinski definition) is 3. The summed E-state index contributed by atoms with van der Waals surface area (Å²) in [4.78, 5) is 25.7. The van der Waals surface area contributed by atoms with Crippen LogP contribution in [0.25, 0.3) is 0 Å². The number of rotatable bonds is 7. The summed E-state index contributed by atoms with van der Waals surface area (Å²) < 4.78 is 37.8. The van der Waals surface area contributed by atoms with Crippen LogP contribution < -0.4 is 5.32 Å². The Hall–Kier alpha value is -2.91. The number of β-amino-alcohol motifs (C(OH)–C–C–N with tert-alkyl or cyclic N) is 2. The minimum absolute atomic E-state index is 0.134. The molecule has 32 heavy (non-hydrogen) atoms. The number of halogens is 3. The first kappa shape index (κ1) is 23.7. The van der Waals surface area contributed by atoms with E-state index in [1.54, 1.807) is 24.3 Å². The number of alkyl halides is 3. The van der Waals surface area contributed by atoms with Gasteiger partial charge in [-0.15, -0.1) is 0 Å².